The van der Waals surface area contributed by atoms with Crippen molar-refractivity contribution in [2.24, 2.45) is 0 Å². The molecule has 20 heavy (non-hydrogen) atoms. The van der Waals surface area contributed by atoms with Crippen molar-refractivity contribution in [3.63, 3.8) is 0 Å². The highest BCUT2D eigenvalue weighted by molar-refractivity contribution is 9.10. The highest BCUT2D eigenvalue weighted by Crippen LogP contribution is 2.20. The molecule has 0 saturated carbocycles. The Kier molecular flexibility index (Phi) is 4.81. The highest BCUT2D eigenvalue weighted by atomic mass is 79.9. The second-order valence-electron chi connectivity index (χ2n) is 5.17. The summed E-state index contributed by atoms with van der Waals surface area (Å²) in [4.78, 5) is 25.4. The third kappa shape index (κ3) is 3.39. The standard InChI is InChI=1S/C15H19BrN2O2/c1-10-13(4-3-5-14(10)16)15(20)17-12-6-8-18(9-7-12)11(2)19/h3-5,12H,6-9H2,1-2H3,(H,17,20). The van der Waals surface area contributed by atoms with E-state index < -0.39 is 0 Å². The summed E-state index contributed by atoms with van der Waals surface area (Å²) in [5.41, 5.74) is 1.65. The lowest BCUT2D eigenvalue weighted by atomic mass is 10.0. The number of halogens is 1. The summed E-state index contributed by atoms with van der Waals surface area (Å²) < 4.78 is 0.941. The Morgan fingerprint density at radius 1 is 1.30 bits per heavy atom. The van der Waals surface area contributed by atoms with Gasteiger partial charge in [-0.2, -0.15) is 0 Å². The minimum atomic E-state index is -0.0370. The predicted molar refractivity (Wildman–Crippen MR) is 81.6 cm³/mol. The van der Waals surface area contributed by atoms with Gasteiger partial charge in [-0.15, -0.1) is 0 Å². The van der Waals surface area contributed by atoms with Gasteiger partial charge in [0.25, 0.3) is 5.91 Å². The van der Waals surface area contributed by atoms with Crippen LogP contribution in [0.1, 0.15) is 35.7 Å². The van der Waals surface area contributed by atoms with Gasteiger partial charge in [-0.1, -0.05) is 22.0 Å². The molecule has 1 aliphatic rings. The summed E-state index contributed by atoms with van der Waals surface area (Å²) in [6, 6.07) is 5.78. The van der Waals surface area contributed by atoms with Crippen molar-refractivity contribution in [2.45, 2.75) is 32.7 Å². The molecule has 2 amide bonds. The number of carbonyl (C=O) groups excluding carboxylic acids is 2. The van der Waals surface area contributed by atoms with Crippen LogP contribution in [0, 0.1) is 6.92 Å². The van der Waals surface area contributed by atoms with Gasteiger partial charge in [0.2, 0.25) is 5.91 Å². The zero-order valence-corrected chi connectivity index (χ0v) is 13.4. The van der Waals surface area contributed by atoms with Crippen molar-refractivity contribution >= 4 is 27.7 Å². The Labute approximate surface area is 127 Å². The summed E-state index contributed by atoms with van der Waals surface area (Å²) in [5.74, 6) is 0.0719. The molecule has 0 radical (unpaired) electrons. The molecule has 1 aromatic rings. The molecule has 0 spiro atoms. The topological polar surface area (TPSA) is 49.4 Å². The zero-order valence-electron chi connectivity index (χ0n) is 11.8. The van der Waals surface area contributed by atoms with E-state index in [9.17, 15) is 9.59 Å². The Bertz CT molecular complexity index is 523. The monoisotopic (exact) mass is 338 g/mol. The van der Waals surface area contributed by atoms with Gasteiger partial charge in [0.05, 0.1) is 0 Å². The smallest absolute Gasteiger partial charge is 0.251 e. The average Bonchev–Trinajstić information content (AvgIpc) is 2.42. The largest absolute Gasteiger partial charge is 0.349 e. The molecular formula is C15H19BrN2O2. The second kappa shape index (κ2) is 6.39. The Hall–Kier alpha value is -1.36. The minimum absolute atomic E-state index is 0.0370. The summed E-state index contributed by atoms with van der Waals surface area (Å²) in [6.07, 6.45) is 1.64. The lowest BCUT2D eigenvalue weighted by Crippen LogP contribution is -2.46. The van der Waals surface area contributed by atoms with Crippen LogP contribution in [0.4, 0.5) is 0 Å². The first-order chi connectivity index (χ1) is 9.49. The number of carbonyl (C=O) groups is 2. The summed E-state index contributed by atoms with van der Waals surface area (Å²) >= 11 is 3.44. The maximum Gasteiger partial charge on any atom is 0.251 e. The van der Waals surface area contributed by atoms with E-state index in [1.807, 2.05) is 30.0 Å². The van der Waals surface area contributed by atoms with Crippen molar-refractivity contribution in [1.29, 1.82) is 0 Å². The molecule has 1 heterocycles. The van der Waals surface area contributed by atoms with Crippen LogP contribution < -0.4 is 5.32 Å². The number of amides is 2. The predicted octanol–water partition coefficient (Wildman–Crippen LogP) is 2.50. The lowest BCUT2D eigenvalue weighted by Gasteiger charge is -2.31. The van der Waals surface area contributed by atoms with Crippen LogP contribution in [-0.4, -0.2) is 35.8 Å². The molecule has 4 nitrogen and oxygen atoms in total. The number of likely N-dealkylation sites (tertiary alicyclic amines) is 1. The van der Waals surface area contributed by atoms with Gasteiger partial charge in [-0.25, -0.2) is 0 Å². The summed E-state index contributed by atoms with van der Waals surface area (Å²) in [7, 11) is 0. The van der Waals surface area contributed by atoms with E-state index in [4.69, 9.17) is 0 Å². The number of nitrogens with zero attached hydrogens (tertiary/aromatic N) is 1. The van der Waals surface area contributed by atoms with Crippen LogP contribution in [-0.2, 0) is 4.79 Å². The maximum atomic E-state index is 12.3. The number of nitrogens with one attached hydrogen (secondary N) is 1. The Morgan fingerprint density at radius 2 is 1.95 bits per heavy atom. The zero-order chi connectivity index (χ0) is 14.7. The number of hydrogen-bond donors (Lipinski definition) is 1. The molecule has 0 bridgehead atoms. The fourth-order valence-electron chi connectivity index (χ4n) is 2.46. The Balaban J connectivity index is 1.96. The van der Waals surface area contributed by atoms with Gasteiger partial charge in [-0.3, -0.25) is 9.59 Å². The lowest BCUT2D eigenvalue weighted by molar-refractivity contribution is -0.129. The number of rotatable bonds is 2. The van der Waals surface area contributed by atoms with Crippen LogP contribution in [0.3, 0.4) is 0 Å². The third-order valence-electron chi connectivity index (χ3n) is 3.79. The van der Waals surface area contributed by atoms with Crippen LogP contribution >= 0.6 is 15.9 Å². The molecule has 5 heteroatoms. The highest BCUT2D eigenvalue weighted by Gasteiger charge is 2.22. The molecule has 108 valence electrons. The van der Waals surface area contributed by atoms with Crippen molar-refractivity contribution < 1.29 is 9.59 Å². The van der Waals surface area contributed by atoms with Gasteiger partial charge >= 0.3 is 0 Å². The van der Waals surface area contributed by atoms with E-state index >= 15 is 0 Å². The second-order valence-corrected chi connectivity index (χ2v) is 6.02. The van der Waals surface area contributed by atoms with Crippen LogP contribution in [0.15, 0.2) is 22.7 Å². The Morgan fingerprint density at radius 3 is 2.55 bits per heavy atom. The molecule has 1 fully saturated rings. The van der Waals surface area contributed by atoms with Gasteiger partial charge in [-0.05, 0) is 37.5 Å². The fourth-order valence-corrected chi connectivity index (χ4v) is 2.82. The van der Waals surface area contributed by atoms with E-state index in [-0.39, 0.29) is 17.9 Å². The van der Waals surface area contributed by atoms with E-state index in [1.165, 1.54) is 0 Å². The molecule has 1 aromatic carbocycles. The van der Waals surface area contributed by atoms with Crippen LogP contribution in [0.2, 0.25) is 0 Å². The van der Waals surface area contributed by atoms with E-state index in [2.05, 4.69) is 21.2 Å². The molecule has 1 saturated heterocycles. The summed E-state index contributed by atoms with van der Waals surface area (Å²) in [5, 5.41) is 3.06. The fraction of sp³-hybridized carbons (Fsp3) is 0.467. The molecule has 0 aromatic heterocycles. The van der Waals surface area contributed by atoms with Gasteiger partial charge in [0.15, 0.2) is 0 Å². The molecule has 1 aliphatic heterocycles. The molecule has 2 rings (SSSR count). The van der Waals surface area contributed by atoms with Crippen LogP contribution in [0.25, 0.3) is 0 Å². The van der Waals surface area contributed by atoms with Crippen molar-refractivity contribution in [2.75, 3.05) is 13.1 Å². The quantitative estimate of drug-likeness (QED) is 0.900. The first kappa shape index (κ1) is 15.0. The molecule has 0 unspecified atom stereocenters. The minimum Gasteiger partial charge on any atom is -0.349 e. The number of benzene rings is 1. The number of piperidine rings is 1. The van der Waals surface area contributed by atoms with Crippen molar-refractivity contribution in [1.82, 2.24) is 10.2 Å². The van der Waals surface area contributed by atoms with Gasteiger partial charge in [0.1, 0.15) is 0 Å². The normalized spacial score (nSPS) is 16.1. The van der Waals surface area contributed by atoms with Crippen LogP contribution in [0.5, 0.6) is 0 Å². The maximum absolute atomic E-state index is 12.3. The van der Waals surface area contributed by atoms with Crippen molar-refractivity contribution in [3.05, 3.63) is 33.8 Å². The molecular weight excluding hydrogens is 320 g/mol. The first-order valence-electron chi connectivity index (χ1n) is 6.80. The molecule has 0 aliphatic carbocycles. The summed E-state index contributed by atoms with van der Waals surface area (Å²) in [6.45, 7) is 4.95. The molecule has 1 N–H and O–H groups in total. The first-order valence-corrected chi connectivity index (χ1v) is 7.60. The third-order valence-corrected chi connectivity index (χ3v) is 4.65. The SMILES string of the molecule is CC(=O)N1CCC(NC(=O)c2cccc(Br)c2C)CC1. The molecule has 0 atom stereocenters. The van der Waals surface area contributed by atoms with E-state index in [1.54, 1.807) is 6.92 Å². The van der Waals surface area contributed by atoms with Crippen molar-refractivity contribution in [3.8, 4) is 0 Å². The van der Waals surface area contributed by atoms with E-state index in [0.717, 1.165) is 36.0 Å². The van der Waals surface area contributed by atoms with Gasteiger partial charge < -0.3 is 10.2 Å². The van der Waals surface area contributed by atoms with E-state index in [0.29, 0.717) is 5.56 Å². The number of hydrogen-bond acceptors (Lipinski definition) is 2. The van der Waals surface area contributed by atoms with Gasteiger partial charge in [0, 0.05) is 36.1 Å². The average molecular weight is 339 g/mol.